The Labute approximate surface area is 181 Å². The van der Waals surface area contributed by atoms with Crippen molar-refractivity contribution in [3.05, 3.63) is 36.9 Å². The van der Waals surface area contributed by atoms with Crippen molar-refractivity contribution in [3.8, 4) is 6.07 Å². The average molecular weight is 415 g/mol. The van der Waals surface area contributed by atoms with E-state index in [-0.39, 0.29) is 0 Å². The standard InChI is InChI=1S/C23H26N8/c1-30-13-21(26-14-30)28-20-10-19-18(4-2-7-25-19)22(29-20)27-15-8-16-11-23(5-3-6-24)12-17(9-15)31(16)23/h2,4,7,10,13-17H,3,5,8-9,11-12H2,1H3,(H2,27,28,29)/t15?,16-,17+,23?. The number of hydrogen-bond acceptors (Lipinski definition) is 7. The van der Waals surface area contributed by atoms with E-state index in [4.69, 9.17) is 10.2 Å². The quantitative estimate of drug-likeness (QED) is 0.637. The zero-order valence-electron chi connectivity index (χ0n) is 17.6. The zero-order chi connectivity index (χ0) is 21.0. The number of pyridine rings is 2. The van der Waals surface area contributed by atoms with E-state index in [0.717, 1.165) is 47.6 Å². The van der Waals surface area contributed by atoms with Crippen LogP contribution >= 0.6 is 0 Å². The van der Waals surface area contributed by atoms with Crippen molar-refractivity contribution in [3.63, 3.8) is 0 Å². The fourth-order valence-electron chi connectivity index (χ4n) is 6.15. The number of imidazole rings is 1. The molecule has 8 heteroatoms. The summed E-state index contributed by atoms with van der Waals surface area (Å²) < 4.78 is 1.91. The van der Waals surface area contributed by atoms with Crippen LogP contribution in [0.4, 0.5) is 17.5 Å². The number of aryl methyl sites for hydroxylation is 1. The molecule has 0 aromatic carbocycles. The Hall–Kier alpha value is -3.18. The van der Waals surface area contributed by atoms with Crippen molar-refractivity contribution in [2.75, 3.05) is 10.6 Å². The van der Waals surface area contributed by atoms with Gasteiger partial charge in [-0.05, 0) is 44.2 Å². The van der Waals surface area contributed by atoms with Gasteiger partial charge in [-0.3, -0.25) is 9.88 Å². The number of rotatable bonds is 6. The minimum absolute atomic E-state index is 0.345. The second kappa shape index (κ2) is 6.92. The predicted molar refractivity (Wildman–Crippen MR) is 119 cm³/mol. The summed E-state index contributed by atoms with van der Waals surface area (Å²) in [6, 6.07) is 10.0. The highest BCUT2D eigenvalue weighted by Crippen LogP contribution is 2.58. The molecule has 0 bridgehead atoms. The van der Waals surface area contributed by atoms with Gasteiger partial charge in [-0.15, -0.1) is 0 Å². The third kappa shape index (κ3) is 3.03. The minimum atomic E-state index is 0.345. The van der Waals surface area contributed by atoms with Gasteiger partial charge in [-0.25, -0.2) is 9.97 Å². The van der Waals surface area contributed by atoms with Crippen molar-refractivity contribution >= 4 is 28.4 Å². The molecule has 8 nitrogen and oxygen atoms in total. The Morgan fingerprint density at radius 2 is 2.06 bits per heavy atom. The molecule has 0 aliphatic carbocycles. The summed E-state index contributed by atoms with van der Waals surface area (Å²) in [7, 11) is 1.95. The van der Waals surface area contributed by atoms with Crippen LogP contribution in [-0.2, 0) is 7.05 Å². The summed E-state index contributed by atoms with van der Waals surface area (Å²) in [5, 5.41) is 17.1. The van der Waals surface area contributed by atoms with Gasteiger partial charge in [0.2, 0.25) is 0 Å². The molecule has 0 radical (unpaired) electrons. The van der Waals surface area contributed by atoms with Gasteiger partial charge < -0.3 is 15.2 Å². The maximum atomic E-state index is 8.97. The smallest absolute Gasteiger partial charge is 0.149 e. The van der Waals surface area contributed by atoms with Crippen LogP contribution in [0, 0.1) is 11.3 Å². The van der Waals surface area contributed by atoms with Crippen molar-refractivity contribution < 1.29 is 0 Å². The number of piperidine rings is 2. The minimum Gasteiger partial charge on any atom is -0.367 e. The molecule has 0 spiro atoms. The SMILES string of the molecule is Cn1cnc(Nc2cc3ncccc3c(NC3C[C@@H]4CC5(CCC#N)C[C@H](C3)N45)n2)c1. The van der Waals surface area contributed by atoms with Crippen LogP contribution in [0.2, 0.25) is 0 Å². The van der Waals surface area contributed by atoms with Gasteiger partial charge >= 0.3 is 0 Å². The normalized spacial score (nSPS) is 28.8. The Morgan fingerprint density at radius 1 is 1.23 bits per heavy atom. The predicted octanol–water partition coefficient (Wildman–Crippen LogP) is 3.57. The van der Waals surface area contributed by atoms with Gasteiger partial charge in [0.15, 0.2) is 0 Å². The molecule has 0 saturated carbocycles. The van der Waals surface area contributed by atoms with E-state index in [2.05, 4.69) is 37.6 Å². The molecule has 6 heterocycles. The maximum absolute atomic E-state index is 8.97. The van der Waals surface area contributed by atoms with Crippen molar-refractivity contribution in [2.45, 2.75) is 62.2 Å². The largest absolute Gasteiger partial charge is 0.367 e. The zero-order valence-corrected chi connectivity index (χ0v) is 17.6. The number of hydrogen-bond donors (Lipinski definition) is 2. The van der Waals surface area contributed by atoms with Crippen LogP contribution in [-0.4, -0.2) is 48.1 Å². The monoisotopic (exact) mass is 414 g/mol. The van der Waals surface area contributed by atoms with E-state index in [1.807, 2.05) is 36.1 Å². The summed E-state index contributed by atoms with van der Waals surface area (Å²) in [4.78, 5) is 16.5. The van der Waals surface area contributed by atoms with Gasteiger partial charge in [0.1, 0.15) is 17.5 Å². The van der Waals surface area contributed by atoms with Crippen LogP contribution < -0.4 is 10.6 Å². The third-order valence-corrected chi connectivity index (χ3v) is 7.28. The van der Waals surface area contributed by atoms with E-state index in [0.29, 0.717) is 30.1 Å². The second-order valence-electron chi connectivity index (χ2n) is 9.29. The number of fused-ring (bicyclic) bond motifs is 1. The highest BCUT2D eigenvalue weighted by atomic mass is 15.4. The molecule has 3 aliphatic rings. The van der Waals surface area contributed by atoms with Crippen molar-refractivity contribution in [2.24, 2.45) is 7.05 Å². The first-order valence-electron chi connectivity index (χ1n) is 11.1. The molecular weight excluding hydrogens is 388 g/mol. The van der Waals surface area contributed by atoms with Gasteiger partial charge in [-0.1, -0.05) is 0 Å². The summed E-state index contributed by atoms with van der Waals surface area (Å²) in [6.07, 6.45) is 12.0. The fourth-order valence-corrected chi connectivity index (χ4v) is 6.15. The molecule has 0 amide bonds. The average Bonchev–Trinajstić information content (AvgIpc) is 3.13. The molecule has 4 atom stereocenters. The lowest BCUT2D eigenvalue weighted by Gasteiger charge is -2.74. The molecule has 3 saturated heterocycles. The maximum Gasteiger partial charge on any atom is 0.149 e. The molecule has 2 unspecified atom stereocenters. The summed E-state index contributed by atoms with van der Waals surface area (Å²) >= 11 is 0. The van der Waals surface area contributed by atoms with Gasteiger partial charge in [0.05, 0.1) is 17.9 Å². The fraction of sp³-hybridized carbons (Fsp3) is 0.478. The number of nitrogens with one attached hydrogen (secondary N) is 2. The van der Waals surface area contributed by atoms with E-state index >= 15 is 0 Å². The Bertz CT molecular complexity index is 1160. The Morgan fingerprint density at radius 3 is 2.81 bits per heavy atom. The highest BCUT2D eigenvalue weighted by Gasteiger charge is 2.64. The lowest BCUT2D eigenvalue weighted by molar-refractivity contribution is -0.222. The summed E-state index contributed by atoms with van der Waals surface area (Å²) in [5.41, 5.74) is 1.26. The molecule has 3 aromatic rings. The highest BCUT2D eigenvalue weighted by molar-refractivity contribution is 5.91. The Balaban J connectivity index is 1.22. The Kier molecular flexibility index (Phi) is 4.15. The number of anilines is 3. The molecule has 158 valence electrons. The molecular formula is C23H26N8. The molecule has 6 rings (SSSR count). The first-order valence-corrected chi connectivity index (χ1v) is 11.1. The van der Waals surface area contributed by atoms with Crippen LogP contribution in [0.3, 0.4) is 0 Å². The van der Waals surface area contributed by atoms with E-state index in [1.54, 1.807) is 6.33 Å². The number of nitriles is 1. The van der Waals surface area contributed by atoms with Gasteiger partial charge in [0.25, 0.3) is 0 Å². The summed E-state index contributed by atoms with van der Waals surface area (Å²) in [5.74, 6) is 2.40. The molecule has 3 aromatic heterocycles. The van der Waals surface area contributed by atoms with Gasteiger partial charge in [-0.2, -0.15) is 5.26 Å². The van der Waals surface area contributed by atoms with Crippen LogP contribution in [0.25, 0.3) is 10.9 Å². The topological polar surface area (TPSA) is 94.7 Å². The van der Waals surface area contributed by atoms with E-state index in [9.17, 15) is 0 Å². The lowest BCUT2D eigenvalue weighted by Crippen LogP contribution is -2.81. The first-order chi connectivity index (χ1) is 15.1. The number of aromatic nitrogens is 4. The summed E-state index contributed by atoms with van der Waals surface area (Å²) in [6.45, 7) is 0. The first kappa shape index (κ1) is 18.6. The van der Waals surface area contributed by atoms with E-state index in [1.165, 1.54) is 12.8 Å². The lowest BCUT2D eigenvalue weighted by atomic mass is 9.57. The van der Waals surface area contributed by atoms with Gasteiger partial charge in [0, 0.05) is 61.0 Å². The van der Waals surface area contributed by atoms with Crippen LogP contribution in [0.15, 0.2) is 36.9 Å². The molecule has 31 heavy (non-hydrogen) atoms. The van der Waals surface area contributed by atoms with Crippen molar-refractivity contribution in [1.29, 1.82) is 5.26 Å². The van der Waals surface area contributed by atoms with E-state index < -0.39 is 0 Å². The van der Waals surface area contributed by atoms with Crippen molar-refractivity contribution in [1.82, 2.24) is 24.4 Å². The number of nitrogens with zero attached hydrogens (tertiary/aromatic N) is 6. The molecule has 3 aliphatic heterocycles. The third-order valence-electron chi connectivity index (χ3n) is 7.28. The molecule has 2 N–H and O–H groups in total. The van der Waals surface area contributed by atoms with Crippen LogP contribution in [0.5, 0.6) is 0 Å². The second-order valence-corrected chi connectivity index (χ2v) is 9.29. The van der Waals surface area contributed by atoms with Crippen LogP contribution in [0.1, 0.15) is 38.5 Å². The molecule has 3 fully saturated rings.